The fourth-order valence-electron chi connectivity index (χ4n) is 4.74. The average molecular weight is 404 g/mol. The molecule has 4 nitrogen and oxygen atoms in total. The number of carbonyl (C=O) groups excluding carboxylic acids is 1. The van der Waals surface area contributed by atoms with Gasteiger partial charge in [-0.3, -0.25) is 9.36 Å². The first-order chi connectivity index (χ1) is 12.8. The summed E-state index contributed by atoms with van der Waals surface area (Å²) in [5.74, 6) is 4.14. The topological polar surface area (TPSA) is 47.8 Å². The van der Waals surface area contributed by atoms with E-state index in [1.807, 2.05) is 20.8 Å². The quantitative estimate of drug-likeness (QED) is 0.580. The Bertz CT molecular complexity index is 806. The second-order valence-corrected chi connectivity index (χ2v) is 11.1. The van der Waals surface area contributed by atoms with Crippen molar-refractivity contribution in [2.75, 3.05) is 5.75 Å². The van der Waals surface area contributed by atoms with Crippen molar-refractivity contribution in [3.63, 3.8) is 0 Å². The maximum absolute atomic E-state index is 12.4. The number of aromatic nitrogens is 3. The molecule has 2 aromatic rings. The van der Waals surface area contributed by atoms with Crippen molar-refractivity contribution in [1.82, 2.24) is 14.8 Å². The third kappa shape index (κ3) is 3.75. The van der Waals surface area contributed by atoms with E-state index >= 15 is 0 Å². The molecule has 0 radical (unpaired) electrons. The van der Waals surface area contributed by atoms with E-state index < -0.39 is 0 Å². The number of thioether (sulfide) groups is 1. The number of rotatable bonds is 6. The highest BCUT2D eigenvalue weighted by atomic mass is 32.2. The summed E-state index contributed by atoms with van der Waals surface area (Å²) in [4.78, 5) is 13.6. The molecule has 0 N–H and O–H groups in total. The molecule has 2 aliphatic carbocycles. The second kappa shape index (κ2) is 7.36. The standard InChI is InChI=1S/C21H29N3OS2/c1-13(16-11-14-7-8-15(16)10-14)24-19(17-6-5-9-26-17)22-23-20(24)27-12-18(25)21(2,3)4/h5-6,9,13-16H,7-8,10-12H2,1-4H3. The van der Waals surface area contributed by atoms with Crippen LogP contribution in [0.5, 0.6) is 0 Å². The molecular weight excluding hydrogens is 374 g/mol. The van der Waals surface area contributed by atoms with Crippen LogP contribution in [-0.2, 0) is 4.79 Å². The summed E-state index contributed by atoms with van der Waals surface area (Å²) in [5.41, 5.74) is -0.315. The number of Topliss-reactive ketones (excluding diaryl/α,β-unsaturated/α-hetero) is 1. The molecule has 4 rings (SSSR count). The minimum Gasteiger partial charge on any atom is -0.298 e. The molecule has 0 amide bonds. The van der Waals surface area contributed by atoms with E-state index in [-0.39, 0.29) is 11.2 Å². The van der Waals surface area contributed by atoms with E-state index in [1.165, 1.54) is 25.7 Å². The largest absolute Gasteiger partial charge is 0.298 e. The Morgan fingerprint density at radius 3 is 2.74 bits per heavy atom. The number of hydrogen-bond acceptors (Lipinski definition) is 5. The van der Waals surface area contributed by atoms with Crippen molar-refractivity contribution >= 4 is 28.9 Å². The average Bonchev–Trinajstić information content (AvgIpc) is 3.41. The molecule has 2 fully saturated rings. The molecule has 0 aromatic carbocycles. The van der Waals surface area contributed by atoms with E-state index in [9.17, 15) is 4.79 Å². The van der Waals surface area contributed by atoms with E-state index in [1.54, 1.807) is 23.1 Å². The van der Waals surface area contributed by atoms with E-state index in [0.29, 0.717) is 17.7 Å². The van der Waals surface area contributed by atoms with Gasteiger partial charge in [0.25, 0.3) is 0 Å². The Kier molecular flexibility index (Phi) is 5.23. The van der Waals surface area contributed by atoms with Gasteiger partial charge in [-0.25, -0.2) is 0 Å². The molecule has 2 bridgehead atoms. The number of ketones is 1. The number of thiophene rings is 1. The zero-order valence-corrected chi connectivity index (χ0v) is 18.3. The van der Waals surface area contributed by atoms with Crippen molar-refractivity contribution < 1.29 is 4.79 Å². The van der Waals surface area contributed by atoms with Crippen molar-refractivity contribution in [2.45, 2.75) is 64.6 Å². The third-order valence-corrected chi connectivity index (χ3v) is 8.20. The Balaban J connectivity index is 1.62. The molecule has 2 aliphatic rings. The number of hydrogen-bond donors (Lipinski definition) is 0. The van der Waals surface area contributed by atoms with Crippen LogP contribution < -0.4 is 0 Å². The molecule has 0 aliphatic heterocycles. The predicted octanol–water partition coefficient (Wildman–Crippen LogP) is 5.71. The fraction of sp³-hybridized carbons (Fsp3) is 0.667. The molecule has 2 heterocycles. The maximum Gasteiger partial charge on any atom is 0.192 e. The number of nitrogens with zero attached hydrogens (tertiary/aromatic N) is 3. The van der Waals surface area contributed by atoms with Crippen LogP contribution >= 0.6 is 23.1 Å². The van der Waals surface area contributed by atoms with Gasteiger partial charge in [0.1, 0.15) is 5.78 Å². The molecule has 146 valence electrons. The van der Waals surface area contributed by atoms with E-state index in [0.717, 1.165) is 27.7 Å². The molecular formula is C21H29N3OS2. The van der Waals surface area contributed by atoms with Crippen LogP contribution in [0.15, 0.2) is 22.7 Å². The summed E-state index contributed by atoms with van der Waals surface area (Å²) in [5, 5.41) is 12.0. The highest BCUT2D eigenvalue weighted by Crippen LogP contribution is 2.53. The molecule has 6 heteroatoms. The van der Waals surface area contributed by atoms with Crippen LogP contribution in [0, 0.1) is 23.2 Å². The normalized spacial score (nSPS) is 25.9. The van der Waals surface area contributed by atoms with Gasteiger partial charge in [-0.15, -0.1) is 21.5 Å². The van der Waals surface area contributed by atoms with Gasteiger partial charge < -0.3 is 0 Å². The fourth-order valence-corrected chi connectivity index (χ4v) is 6.63. The highest BCUT2D eigenvalue weighted by Gasteiger charge is 2.43. The van der Waals surface area contributed by atoms with Gasteiger partial charge in [0, 0.05) is 11.5 Å². The van der Waals surface area contributed by atoms with E-state index in [4.69, 9.17) is 0 Å². The predicted molar refractivity (Wildman–Crippen MR) is 112 cm³/mol. The zero-order valence-electron chi connectivity index (χ0n) is 16.6. The lowest BCUT2D eigenvalue weighted by atomic mass is 9.84. The van der Waals surface area contributed by atoms with Crippen molar-refractivity contribution in [3.05, 3.63) is 17.5 Å². The van der Waals surface area contributed by atoms with Crippen LogP contribution in [-0.4, -0.2) is 26.3 Å². The molecule has 0 saturated heterocycles. The van der Waals surface area contributed by atoms with Gasteiger partial charge in [0.05, 0.1) is 10.6 Å². The summed E-state index contributed by atoms with van der Waals surface area (Å²) >= 11 is 3.26. The van der Waals surface area contributed by atoms with Crippen molar-refractivity contribution in [2.24, 2.45) is 23.2 Å². The van der Waals surface area contributed by atoms with Gasteiger partial charge in [-0.05, 0) is 55.4 Å². The van der Waals surface area contributed by atoms with Crippen molar-refractivity contribution in [1.29, 1.82) is 0 Å². The minimum absolute atomic E-state index is 0.257. The third-order valence-electron chi connectivity index (χ3n) is 6.39. The van der Waals surface area contributed by atoms with Gasteiger partial charge in [-0.1, -0.05) is 45.0 Å². The van der Waals surface area contributed by atoms with Gasteiger partial charge >= 0.3 is 0 Å². The molecule has 4 atom stereocenters. The van der Waals surface area contributed by atoms with Crippen LogP contribution in [0.2, 0.25) is 0 Å². The smallest absolute Gasteiger partial charge is 0.192 e. The Morgan fingerprint density at radius 1 is 1.33 bits per heavy atom. The Hall–Kier alpha value is -1.14. The maximum atomic E-state index is 12.4. The Morgan fingerprint density at radius 2 is 2.15 bits per heavy atom. The number of fused-ring (bicyclic) bond motifs is 2. The highest BCUT2D eigenvalue weighted by molar-refractivity contribution is 7.99. The molecule has 2 aromatic heterocycles. The summed E-state index contributed by atoms with van der Waals surface area (Å²) < 4.78 is 2.33. The van der Waals surface area contributed by atoms with Crippen LogP contribution in [0.4, 0.5) is 0 Å². The van der Waals surface area contributed by atoms with Crippen molar-refractivity contribution in [3.8, 4) is 10.7 Å². The Labute approximate surface area is 170 Å². The lowest BCUT2D eigenvalue weighted by Gasteiger charge is -2.30. The van der Waals surface area contributed by atoms with Crippen LogP contribution in [0.25, 0.3) is 10.7 Å². The van der Waals surface area contributed by atoms with Gasteiger partial charge in [0.15, 0.2) is 11.0 Å². The summed E-state index contributed by atoms with van der Waals surface area (Å²) in [7, 11) is 0. The first-order valence-corrected chi connectivity index (χ1v) is 11.9. The lowest BCUT2D eigenvalue weighted by molar-refractivity contribution is -0.123. The summed E-state index contributed by atoms with van der Waals surface area (Å²) in [6, 6.07) is 4.56. The van der Waals surface area contributed by atoms with Crippen LogP contribution in [0.3, 0.4) is 0 Å². The molecule has 27 heavy (non-hydrogen) atoms. The monoisotopic (exact) mass is 403 g/mol. The minimum atomic E-state index is -0.315. The van der Waals surface area contributed by atoms with E-state index in [2.05, 4.69) is 39.2 Å². The van der Waals surface area contributed by atoms with Gasteiger partial charge in [0.2, 0.25) is 0 Å². The zero-order chi connectivity index (χ0) is 19.2. The first-order valence-electron chi connectivity index (χ1n) is 9.99. The summed E-state index contributed by atoms with van der Waals surface area (Å²) in [6.45, 7) is 8.28. The molecule has 4 unspecified atom stereocenters. The van der Waals surface area contributed by atoms with Crippen LogP contribution in [0.1, 0.15) is 59.4 Å². The number of carbonyl (C=O) groups is 1. The molecule has 2 saturated carbocycles. The molecule has 0 spiro atoms. The second-order valence-electron chi connectivity index (χ2n) is 9.19. The lowest BCUT2D eigenvalue weighted by Crippen LogP contribution is -2.24. The SMILES string of the molecule is CC(C1CC2CCC1C2)n1c(SCC(=O)C(C)(C)C)nnc1-c1cccs1. The summed E-state index contributed by atoms with van der Waals surface area (Å²) in [6.07, 6.45) is 5.52. The van der Waals surface area contributed by atoms with Gasteiger partial charge in [-0.2, -0.15) is 0 Å². The first kappa shape index (κ1) is 19.2.